The molecule has 17 heavy (non-hydrogen) atoms. The minimum atomic E-state index is -0.916. The Morgan fingerprint density at radius 3 is 2.76 bits per heavy atom. The number of carboxylic acids is 1. The van der Waals surface area contributed by atoms with E-state index in [9.17, 15) is 9.59 Å². The molecule has 2 amide bonds. The number of amides is 2. The summed E-state index contributed by atoms with van der Waals surface area (Å²) in [5, 5.41) is 13.8. The van der Waals surface area contributed by atoms with Gasteiger partial charge in [0, 0.05) is 19.7 Å². The molecule has 1 aliphatic heterocycles. The van der Waals surface area contributed by atoms with Gasteiger partial charge >= 0.3 is 12.0 Å². The van der Waals surface area contributed by atoms with E-state index in [0.29, 0.717) is 6.54 Å². The van der Waals surface area contributed by atoms with E-state index in [0.717, 1.165) is 25.9 Å². The molecule has 0 saturated carbocycles. The van der Waals surface area contributed by atoms with Gasteiger partial charge in [-0.25, -0.2) is 4.79 Å². The summed E-state index contributed by atoms with van der Waals surface area (Å²) in [6, 6.07) is -0.340. The third kappa shape index (κ3) is 5.53. The van der Waals surface area contributed by atoms with Crippen molar-refractivity contribution in [2.75, 3.05) is 19.7 Å². The molecule has 98 valence electrons. The van der Waals surface area contributed by atoms with E-state index in [1.54, 1.807) is 6.92 Å². The van der Waals surface area contributed by atoms with E-state index in [4.69, 9.17) is 9.84 Å². The summed E-state index contributed by atoms with van der Waals surface area (Å²) in [7, 11) is 0. The van der Waals surface area contributed by atoms with Gasteiger partial charge in [0.15, 0.2) is 0 Å². The Morgan fingerprint density at radius 1 is 1.41 bits per heavy atom. The second kappa shape index (κ2) is 7.11. The molecule has 0 radical (unpaired) electrons. The van der Waals surface area contributed by atoms with Gasteiger partial charge in [0.1, 0.15) is 0 Å². The highest BCUT2D eigenvalue weighted by molar-refractivity contribution is 5.75. The molecule has 0 aromatic rings. The molecule has 0 spiro atoms. The molecular formula is C11H20N2O4. The van der Waals surface area contributed by atoms with Crippen LogP contribution in [-0.4, -0.2) is 42.9 Å². The number of carboxylic acid groups (broad SMARTS) is 1. The van der Waals surface area contributed by atoms with Crippen LogP contribution in [0.4, 0.5) is 4.79 Å². The average molecular weight is 244 g/mol. The number of ether oxygens (including phenoxy) is 1. The van der Waals surface area contributed by atoms with Crippen LogP contribution >= 0.6 is 0 Å². The van der Waals surface area contributed by atoms with E-state index in [-0.39, 0.29) is 18.7 Å². The van der Waals surface area contributed by atoms with Crippen molar-refractivity contribution >= 4 is 12.0 Å². The van der Waals surface area contributed by atoms with Gasteiger partial charge < -0.3 is 20.5 Å². The Balaban J connectivity index is 2.10. The van der Waals surface area contributed by atoms with Crippen molar-refractivity contribution in [1.29, 1.82) is 0 Å². The lowest BCUT2D eigenvalue weighted by atomic mass is 10.1. The number of hydrogen-bond acceptors (Lipinski definition) is 3. The SMILES string of the molecule is CC(CNC(=O)NCC1CCCCO1)C(=O)O. The second-order valence-electron chi connectivity index (χ2n) is 4.32. The molecule has 2 atom stereocenters. The van der Waals surface area contributed by atoms with Gasteiger partial charge in [-0.3, -0.25) is 4.79 Å². The molecule has 0 bridgehead atoms. The van der Waals surface area contributed by atoms with Crippen molar-refractivity contribution < 1.29 is 19.4 Å². The summed E-state index contributed by atoms with van der Waals surface area (Å²) in [4.78, 5) is 21.9. The number of carbonyl (C=O) groups excluding carboxylic acids is 1. The summed E-state index contributed by atoms with van der Waals surface area (Å²) in [5.74, 6) is -1.49. The predicted molar refractivity (Wildman–Crippen MR) is 61.8 cm³/mol. The van der Waals surface area contributed by atoms with Gasteiger partial charge in [0.25, 0.3) is 0 Å². The first-order valence-corrected chi connectivity index (χ1v) is 5.95. The Morgan fingerprint density at radius 2 is 2.18 bits per heavy atom. The minimum absolute atomic E-state index is 0.0893. The van der Waals surface area contributed by atoms with Crippen LogP contribution in [0.2, 0.25) is 0 Å². The van der Waals surface area contributed by atoms with Gasteiger partial charge in [0.05, 0.1) is 12.0 Å². The fourth-order valence-corrected chi connectivity index (χ4v) is 1.57. The molecule has 1 aliphatic rings. The monoisotopic (exact) mass is 244 g/mol. The minimum Gasteiger partial charge on any atom is -0.481 e. The van der Waals surface area contributed by atoms with E-state index >= 15 is 0 Å². The third-order valence-corrected chi connectivity index (χ3v) is 2.75. The van der Waals surface area contributed by atoms with Gasteiger partial charge in [0.2, 0.25) is 0 Å². The largest absolute Gasteiger partial charge is 0.481 e. The summed E-state index contributed by atoms with van der Waals surface area (Å²) in [6.45, 7) is 2.91. The van der Waals surface area contributed by atoms with E-state index in [1.165, 1.54) is 0 Å². The molecule has 2 unspecified atom stereocenters. The van der Waals surface area contributed by atoms with Crippen LogP contribution in [0.1, 0.15) is 26.2 Å². The lowest BCUT2D eigenvalue weighted by Crippen LogP contribution is -2.43. The molecular weight excluding hydrogens is 224 g/mol. The maximum absolute atomic E-state index is 11.3. The van der Waals surface area contributed by atoms with Crippen LogP contribution in [0.15, 0.2) is 0 Å². The first-order chi connectivity index (χ1) is 8.09. The zero-order valence-corrected chi connectivity index (χ0v) is 10.1. The first-order valence-electron chi connectivity index (χ1n) is 5.95. The van der Waals surface area contributed by atoms with Crippen molar-refractivity contribution in [3.8, 4) is 0 Å². The molecule has 3 N–H and O–H groups in total. The number of urea groups is 1. The molecule has 1 fully saturated rings. The molecule has 0 aromatic heterocycles. The lowest BCUT2D eigenvalue weighted by molar-refractivity contribution is -0.140. The molecule has 0 aromatic carbocycles. The Labute approximate surface area is 101 Å². The maximum atomic E-state index is 11.3. The van der Waals surface area contributed by atoms with Crippen LogP contribution in [0.3, 0.4) is 0 Å². The van der Waals surface area contributed by atoms with Crippen LogP contribution in [-0.2, 0) is 9.53 Å². The van der Waals surface area contributed by atoms with Gasteiger partial charge in [-0.2, -0.15) is 0 Å². The summed E-state index contributed by atoms with van der Waals surface area (Å²) in [6.07, 6.45) is 3.26. The summed E-state index contributed by atoms with van der Waals surface area (Å²) < 4.78 is 5.46. The number of rotatable bonds is 5. The topological polar surface area (TPSA) is 87.7 Å². The van der Waals surface area contributed by atoms with Crippen LogP contribution in [0, 0.1) is 5.92 Å². The highest BCUT2D eigenvalue weighted by Crippen LogP contribution is 2.11. The second-order valence-corrected chi connectivity index (χ2v) is 4.32. The number of nitrogens with one attached hydrogen (secondary N) is 2. The van der Waals surface area contributed by atoms with E-state index < -0.39 is 11.9 Å². The smallest absolute Gasteiger partial charge is 0.314 e. The standard InChI is InChI=1S/C11H20N2O4/c1-8(10(14)15)6-12-11(16)13-7-9-4-2-3-5-17-9/h8-9H,2-7H2,1H3,(H,14,15)(H2,12,13,16). The summed E-state index contributed by atoms with van der Waals surface area (Å²) >= 11 is 0. The zero-order valence-electron chi connectivity index (χ0n) is 10.1. The highest BCUT2D eigenvalue weighted by atomic mass is 16.5. The fraction of sp³-hybridized carbons (Fsp3) is 0.818. The van der Waals surface area contributed by atoms with Gasteiger partial charge in [-0.15, -0.1) is 0 Å². The summed E-state index contributed by atoms with van der Waals surface area (Å²) in [5.41, 5.74) is 0. The van der Waals surface area contributed by atoms with Crippen molar-refractivity contribution in [1.82, 2.24) is 10.6 Å². The predicted octanol–water partition coefficient (Wildman–Crippen LogP) is 0.575. The van der Waals surface area contributed by atoms with E-state index in [2.05, 4.69) is 10.6 Å². The third-order valence-electron chi connectivity index (χ3n) is 2.75. The number of hydrogen-bond donors (Lipinski definition) is 3. The lowest BCUT2D eigenvalue weighted by Gasteiger charge is -2.22. The van der Waals surface area contributed by atoms with Gasteiger partial charge in [-0.1, -0.05) is 6.92 Å². The Hall–Kier alpha value is -1.30. The molecule has 1 saturated heterocycles. The van der Waals surface area contributed by atoms with Crippen molar-refractivity contribution in [2.45, 2.75) is 32.3 Å². The normalized spacial score (nSPS) is 21.6. The highest BCUT2D eigenvalue weighted by Gasteiger charge is 2.15. The number of carbonyl (C=O) groups is 2. The molecule has 6 heteroatoms. The fourth-order valence-electron chi connectivity index (χ4n) is 1.57. The Bertz CT molecular complexity index is 264. The van der Waals surface area contributed by atoms with Crippen LogP contribution in [0.25, 0.3) is 0 Å². The van der Waals surface area contributed by atoms with Crippen LogP contribution < -0.4 is 10.6 Å². The van der Waals surface area contributed by atoms with Crippen molar-refractivity contribution in [3.63, 3.8) is 0 Å². The molecule has 0 aliphatic carbocycles. The average Bonchev–Trinajstić information content (AvgIpc) is 2.34. The van der Waals surface area contributed by atoms with Crippen LogP contribution in [0.5, 0.6) is 0 Å². The van der Waals surface area contributed by atoms with Crippen molar-refractivity contribution in [2.24, 2.45) is 5.92 Å². The van der Waals surface area contributed by atoms with Gasteiger partial charge in [-0.05, 0) is 19.3 Å². The van der Waals surface area contributed by atoms with E-state index in [1.807, 2.05) is 0 Å². The first kappa shape index (κ1) is 13.8. The molecule has 6 nitrogen and oxygen atoms in total. The zero-order chi connectivity index (χ0) is 12.7. The maximum Gasteiger partial charge on any atom is 0.314 e. The Kier molecular flexibility index (Phi) is 5.76. The molecule has 1 rings (SSSR count). The quantitative estimate of drug-likeness (QED) is 0.660. The number of aliphatic carboxylic acids is 1. The molecule has 1 heterocycles. The van der Waals surface area contributed by atoms with Crippen molar-refractivity contribution in [3.05, 3.63) is 0 Å².